The number of benzene rings is 2. The van der Waals surface area contributed by atoms with Gasteiger partial charge in [-0.15, -0.1) is 0 Å². The molecule has 0 fully saturated rings. The van der Waals surface area contributed by atoms with Gasteiger partial charge in [0.25, 0.3) is 0 Å². The largest absolute Gasteiger partial charge is 0.338 e. The molecule has 1 heterocycles. The molecule has 2 aromatic carbocycles. The predicted octanol–water partition coefficient (Wildman–Crippen LogP) is 3.83. The van der Waals surface area contributed by atoms with Gasteiger partial charge in [-0.3, -0.25) is 4.79 Å². The van der Waals surface area contributed by atoms with Crippen molar-refractivity contribution < 1.29 is 9.18 Å². The minimum atomic E-state index is -0.296. The molecule has 1 amide bonds. The summed E-state index contributed by atoms with van der Waals surface area (Å²) in [4.78, 5) is 14.3. The van der Waals surface area contributed by atoms with E-state index in [-0.39, 0.29) is 24.8 Å². The summed E-state index contributed by atoms with van der Waals surface area (Å²) in [6, 6.07) is 14.1. The number of fused-ring (bicyclic) bond motifs is 1. The Morgan fingerprint density at radius 1 is 1.20 bits per heavy atom. The highest BCUT2D eigenvalue weighted by Crippen LogP contribution is 2.19. The Morgan fingerprint density at radius 3 is 2.72 bits per heavy atom. The smallest absolute Gasteiger partial charge is 0.242 e. The Morgan fingerprint density at radius 2 is 2.00 bits per heavy atom. The van der Waals surface area contributed by atoms with E-state index in [1.54, 1.807) is 23.1 Å². The number of nitrogens with one attached hydrogen (secondary N) is 1. The van der Waals surface area contributed by atoms with Gasteiger partial charge in [0.1, 0.15) is 12.4 Å². The summed E-state index contributed by atoms with van der Waals surface area (Å²) in [6.45, 7) is 2.85. The van der Waals surface area contributed by atoms with E-state index >= 15 is 0 Å². The number of halogens is 1. The van der Waals surface area contributed by atoms with Gasteiger partial charge in [-0.1, -0.05) is 30.3 Å². The number of aromatic nitrogens is 1. The monoisotopic (exact) mass is 337 g/mol. The van der Waals surface area contributed by atoms with Crippen LogP contribution in [0, 0.1) is 11.2 Å². The zero-order valence-corrected chi connectivity index (χ0v) is 14.1. The summed E-state index contributed by atoms with van der Waals surface area (Å²) in [5, 5.41) is 8.42. The first-order chi connectivity index (χ1) is 12.1. The first kappa shape index (κ1) is 16.9. The number of hydrogen-bond acceptors (Lipinski definition) is 2. The van der Waals surface area contributed by atoms with Crippen molar-refractivity contribution in [3.63, 3.8) is 0 Å². The maximum Gasteiger partial charge on any atom is 0.242 e. The van der Waals surface area contributed by atoms with E-state index < -0.39 is 0 Å². The maximum atomic E-state index is 13.9. The van der Waals surface area contributed by atoms with Crippen LogP contribution in [0.4, 0.5) is 4.39 Å². The second-order valence-corrected chi connectivity index (χ2v) is 5.87. The molecule has 0 atom stereocenters. The Balaban J connectivity index is 1.81. The highest BCUT2D eigenvalue weighted by atomic mass is 19.1. The lowest BCUT2D eigenvalue weighted by Gasteiger charge is -2.22. The molecule has 128 valence electrons. The summed E-state index contributed by atoms with van der Waals surface area (Å²) in [7, 11) is 0. The van der Waals surface area contributed by atoms with E-state index in [4.69, 9.17) is 5.41 Å². The van der Waals surface area contributed by atoms with Gasteiger partial charge >= 0.3 is 0 Å². The van der Waals surface area contributed by atoms with E-state index in [1.807, 2.05) is 42.0 Å². The quantitative estimate of drug-likeness (QED) is 0.683. The first-order valence-corrected chi connectivity index (χ1v) is 8.23. The van der Waals surface area contributed by atoms with Crippen molar-refractivity contribution in [2.45, 2.75) is 20.0 Å². The number of carbonyl (C=O) groups excluding carboxylic acids is 1. The molecule has 0 aliphatic carbocycles. The molecule has 0 aliphatic rings. The van der Waals surface area contributed by atoms with Crippen LogP contribution in [0.5, 0.6) is 0 Å². The van der Waals surface area contributed by atoms with Crippen LogP contribution in [0.1, 0.15) is 18.1 Å². The third-order valence-corrected chi connectivity index (χ3v) is 4.36. The molecule has 3 aromatic rings. The van der Waals surface area contributed by atoms with Crippen LogP contribution in [0.3, 0.4) is 0 Å². The summed E-state index contributed by atoms with van der Waals surface area (Å²) in [5.41, 5.74) is 2.25. The molecular weight excluding hydrogens is 317 g/mol. The van der Waals surface area contributed by atoms with Crippen LogP contribution in [-0.2, 0) is 17.9 Å². The van der Waals surface area contributed by atoms with Crippen LogP contribution >= 0.6 is 0 Å². The SMILES string of the molecule is CCN(Cc1ccccc1F)C(=O)Cn1ccc2c(C=N)cccc21. The van der Waals surface area contributed by atoms with Crippen LogP contribution in [0.2, 0.25) is 0 Å². The zero-order chi connectivity index (χ0) is 17.8. The predicted molar refractivity (Wildman–Crippen MR) is 97.3 cm³/mol. The molecule has 0 saturated carbocycles. The van der Waals surface area contributed by atoms with Gasteiger partial charge in [0, 0.05) is 47.5 Å². The highest BCUT2D eigenvalue weighted by Gasteiger charge is 2.15. The highest BCUT2D eigenvalue weighted by molar-refractivity contribution is 5.98. The molecule has 5 heteroatoms. The van der Waals surface area contributed by atoms with Gasteiger partial charge in [0.2, 0.25) is 5.91 Å². The minimum absolute atomic E-state index is 0.0662. The van der Waals surface area contributed by atoms with Crippen LogP contribution in [-0.4, -0.2) is 28.1 Å². The van der Waals surface area contributed by atoms with E-state index in [0.717, 1.165) is 16.5 Å². The third kappa shape index (κ3) is 3.45. The van der Waals surface area contributed by atoms with E-state index in [1.165, 1.54) is 12.3 Å². The Kier molecular flexibility index (Phi) is 4.93. The van der Waals surface area contributed by atoms with Crippen molar-refractivity contribution in [1.29, 1.82) is 5.41 Å². The van der Waals surface area contributed by atoms with Crippen LogP contribution in [0.15, 0.2) is 54.7 Å². The Bertz CT molecular complexity index is 916. The fourth-order valence-corrected chi connectivity index (χ4v) is 2.97. The van der Waals surface area contributed by atoms with Crippen LogP contribution in [0.25, 0.3) is 10.9 Å². The number of nitrogens with zero attached hydrogens (tertiary/aromatic N) is 2. The summed E-state index contributed by atoms with van der Waals surface area (Å²) < 4.78 is 15.7. The average molecular weight is 337 g/mol. The van der Waals surface area contributed by atoms with Gasteiger partial charge in [-0.2, -0.15) is 0 Å². The second-order valence-electron chi connectivity index (χ2n) is 5.87. The number of hydrogen-bond donors (Lipinski definition) is 1. The van der Waals surface area contributed by atoms with Crippen molar-refractivity contribution in [1.82, 2.24) is 9.47 Å². The normalized spacial score (nSPS) is 10.8. The number of amides is 1. The molecule has 1 N–H and O–H groups in total. The molecular formula is C20H20FN3O. The molecule has 0 radical (unpaired) electrons. The molecule has 4 nitrogen and oxygen atoms in total. The summed E-state index contributed by atoms with van der Waals surface area (Å²) in [5.74, 6) is -0.362. The fourth-order valence-electron chi connectivity index (χ4n) is 2.97. The molecule has 3 rings (SSSR count). The lowest BCUT2D eigenvalue weighted by molar-refractivity contribution is -0.132. The van der Waals surface area contributed by atoms with Gasteiger partial charge in [-0.05, 0) is 25.1 Å². The Hall–Kier alpha value is -2.95. The number of carbonyl (C=O) groups is 1. The topological polar surface area (TPSA) is 49.1 Å². The number of likely N-dealkylation sites (N-methyl/N-ethyl adjacent to an activating group) is 1. The van der Waals surface area contributed by atoms with Crippen molar-refractivity contribution in [2.75, 3.05) is 6.54 Å². The minimum Gasteiger partial charge on any atom is -0.338 e. The molecule has 25 heavy (non-hydrogen) atoms. The van der Waals surface area contributed by atoms with Crippen molar-refractivity contribution in [3.05, 3.63) is 71.7 Å². The average Bonchev–Trinajstić information content (AvgIpc) is 3.04. The van der Waals surface area contributed by atoms with Gasteiger partial charge < -0.3 is 14.9 Å². The Labute approximate surface area is 146 Å². The second kappa shape index (κ2) is 7.30. The lowest BCUT2D eigenvalue weighted by Crippen LogP contribution is -2.33. The molecule has 0 aliphatic heterocycles. The molecule has 0 saturated heterocycles. The lowest BCUT2D eigenvalue weighted by atomic mass is 10.1. The first-order valence-electron chi connectivity index (χ1n) is 8.23. The molecule has 0 bridgehead atoms. The van der Waals surface area contributed by atoms with E-state index in [2.05, 4.69) is 0 Å². The maximum absolute atomic E-state index is 13.9. The van der Waals surface area contributed by atoms with Gasteiger partial charge in [0.15, 0.2) is 0 Å². The van der Waals surface area contributed by atoms with Gasteiger partial charge in [0.05, 0.1) is 0 Å². The van der Waals surface area contributed by atoms with Crippen molar-refractivity contribution in [2.24, 2.45) is 0 Å². The number of rotatable bonds is 6. The fraction of sp³-hybridized carbons (Fsp3) is 0.200. The molecule has 1 aromatic heterocycles. The van der Waals surface area contributed by atoms with Crippen LogP contribution < -0.4 is 0 Å². The molecule has 0 spiro atoms. The van der Waals surface area contributed by atoms with E-state index in [9.17, 15) is 9.18 Å². The summed E-state index contributed by atoms with van der Waals surface area (Å²) in [6.07, 6.45) is 3.16. The zero-order valence-electron chi connectivity index (χ0n) is 14.1. The molecule has 0 unspecified atom stereocenters. The van der Waals surface area contributed by atoms with Crippen molar-refractivity contribution >= 4 is 23.0 Å². The van der Waals surface area contributed by atoms with E-state index in [0.29, 0.717) is 12.1 Å². The third-order valence-electron chi connectivity index (χ3n) is 4.36. The van der Waals surface area contributed by atoms with Crippen molar-refractivity contribution in [3.8, 4) is 0 Å². The van der Waals surface area contributed by atoms with Gasteiger partial charge in [-0.25, -0.2) is 4.39 Å². The summed E-state index contributed by atoms with van der Waals surface area (Å²) >= 11 is 0. The standard InChI is InChI=1S/C20H20FN3O/c1-2-23(13-16-6-3-4-8-18(16)21)20(25)14-24-11-10-17-15(12-22)7-5-9-19(17)24/h3-12,22H,2,13-14H2,1H3.